The van der Waals surface area contributed by atoms with Crippen LogP contribution in [0.2, 0.25) is 0 Å². The second-order valence-electron chi connectivity index (χ2n) is 7.81. The molecule has 1 rings (SSSR count). The van der Waals surface area contributed by atoms with Crippen molar-refractivity contribution in [3.8, 4) is 5.75 Å². The van der Waals surface area contributed by atoms with Crippen molar-refractivity contribution >= 4 is 12.1 Å². The fourth-order valence-electron chi connectivity index (χ4n) is 2.76. The highest BCUT2D eigenvalue weighted by atomic mass is 16.6. The molecule has 29 heavy (non-hydrogen) atoms. The normalized spacial score (nSPS) is 12.2. The zero-order valence-electron chi connectivity index (χ0n) is 18.4. The van der Waals surface area contributed by atoms with Gasteiger partial charge in [-0.05, 0) is 51.7 Å². The molecule has 7 nitrogen and oxygen atoms in total. The molecule has 0 fully saturated rings. The number of benzene rings is 1. The summed E-state index contributed by atoms with van der Waals surface area (Å²) < 4.78 is 15.9. The molecule has 0 heterocycles. The van der Waals surface area contributed by atoms with Crippen LogP contribution in [0.5, 0.6) is 5.75 Å². The van der Waals surface area contributed by atoms with Crippen molar-refractivity contribution in [2.24, 2.45) is 0 Å². The summed E-state index contributed by atoms with van der Waals surface area (Å²) in [5.74, 6) is 0.571. The van der Waals surface area contributed by atoms with Gasteiger partial charge in [0.2, 0.25) is 0 Å². The Labute approximate surface area is 174 Å². The molecule has 1 aromatic carbocycles. The molecule has 0 radical (unpaired) electrons. The number of esters is 1. The molecule has 7 heteroatoms. The molecule has 0 bridgehead atoms. The van der Waals surface area contributed by atoms with E-state index in [1.165, 1.54) is 7.11 Å². The largest absolute Gasteiger partial charge is 0.492 e. The molecule has 0 aliphatic carbocycles. The van der Waals surface area contributed by atoms with Crippen molar-refractivity contribution < 1.29 is 23.8 Å². The van der Waals surface area contributed by atoms with Crippen LogP contribution in [0.25, 0.3) is 0 Å². The zero-order chi connectivity index (χ0) is 21.7. The predicted octanol–water partition coefficient (Wildman–Crippen LogP) is 3.45. The van der Waals surface area contributed by atoms with Gasteiger partial charge in [-0.1, -0.05) is 31.5 Å². The Balaban J connectivity index is 2.39. The van der Waals surface area contributed by atoms with Gasteiger partial charge in [-0.3, -0.25) is 4.79 Å². The van der Waals surface area contributed by atoms with Gasteiger partial charge in [-0.2, -0.15) is 0 Å². The second-order valence-corrected chi connectivity index (χ2v) is 7.81. The number of methoxy groups -OCH3 is 1. The third-order valence-corrected chi connectivity index (χ3v) is 4.08. The molecule has 0 saturated carbocycles. The Morgan fingerprint density at radius 2 is 1.86 bits per heavy atom. The molecule has 1 atom stereocenters. The van der Waals surface area contributed by atoms with Gasteiger partial charge >= 0.3 is 12.1 Å². The number of alkyl carbamates (subject to hydrolysis) is 1. The third-order valence-electron chi connectivity index (χ3n) is 4.08. The number of carbonyl (C=O) groups is 2. The van der Waals surface area contributed by atoms with Gasteiger partial charge in [0.25, 0.3) is 0 Å². The van der Waals surface area contributed by atoms with E-state index in [2.05, 4.69) is 10.6 Å². The lowest BCUT2D eigenvalue weighted by atomic mass is 10.1. The van der Waals surface area contributed by atoms with Gasteiger partial charge in [0.1, 0.15) is 24.0 Å². The van der Waals surface area contributed by atoms with Crippen LogP contribution in [-0.2, 0) is 20.7 Å². The number of hydrogen-bond acceptors (Lipinski definition) is 6. The molecule has 0 spiro atoms. The highest BCUT2D eigenvalue weighted by molar-refractivity contribution is 5.75. The van der Waals surface area contributed by atoms with Crippen molar-refractivity contribution in [3.05, 3.63) is 29.8 Å². The number of amides is 1. The van der Waals surface area contributed by atoms with E-state index < -0.39 is 11.7 Å². The summed E-state index contributed by atoms with van der Waals surface area (Å²) >= 11 is 0. The zero-order valence-corrected chi connectivity index (χ0v) is 18.4. The Kier molecular flexibility index (Phi) is 11.1. The van der Waals surface area contributed by atoms with Crippen molar-refractivity contribution in [3.63, 3.8) is 0 Å². The first-order valence-electron chi connectivity index (χ1n) is 10.3. The van der Waals surface area contributed by atoms with Crippen LogP contribution < -0.4 is 15.4 Å². The summed E-state index contributed by atoms with van der Waals surface area (Å²) in [5, 5.41) is 5.95. The molecule has 0 aliphatic heterocycles. The second kappa shape index (κ2) is 13.0. The van der Waals surface area contributed by atoms with Crippen LogP contribution in [0.15, 0.2) is 24.3 Å². The highest BCUT2D eigenvalue weighted by Gasteiger charge is 2.17. The van der Waals surface area contributed by atoms with E-state index in [1.807, 2.05) is 52.0 Å². The number of aryl methyl sites for hydroxylation is 1. The monoisotopic (exact) mass is 408 g/mol. The van der Waals surface area contributed by atoms with Crippen LogP contribution in [0.1, 0.15) is 52.5 Å². The van der Waals surface area contributed by atoms with E-state index in [-0.39, 0.29) is 12.0 Å². The van der Waals surface area contributed by atoms with Crippen LogP contribution in [-0.4, -0.2) is 50.5 Å². The molecule has 1 unspecified atom stereocenters. The minimum Gasteiger partial charge on any atom is -0.492 e. The van der Waals surface area contributed by atoms with E-state index in [9.17, 15) is 9.59 Å². The SMILES string of the molecule is CCCC(NCCOc1ccccc1CCCNC(=O)OC(C)(C)C)C(=O)OC. The standard InChI is InChI=1S/C22H36N2O5/c1-6-10-18(20(25)27-5)23-15-16-28-19-13-8-7-11-17(19)12-9-14-24-21(26)29-22(2,3)4/h7-8,11,13,18,23H,6,9-10,12,14-16H2,1-5H3,(H,24,26). The molecular formula is C22H36N2O5. The van der Waals surface area contributed by atoms with Crippen molar-refractivity contribution in [1.82, 2.24) is 10.6 Å². The van der Waals surface area contributed by atoms with Gasteiger partial charge in [-0.15, -0.1) is 0 Å². The first-order valence-corrected chi connectivity index (χ1v) is 10.3. The van der Waals surface area contributed by atoms with Crippen molar-refractivity contribution in [2.75, 3.05) is 26.8 Å². The summed E-state index contributed by atoms with van der Waals surface area (Å²) in [7, 11) is 1.40. The number of rotatable bonds is 12. The summed E-state index contributed by atoms with van der Waals surface area (Å²) in [6, 6.07) is 7.55. The Morgan fingerprint density at radius 1 is 1.14 bits per heavy atom. The number of hydrogen-bond donors (Lipinski definition) is 2. The van der Waals surface area contributed by atoms with Crippen LogP contribution in [0.3, 0.4) is 0 Å². The number of nitrogens with one attached hydrogen (secondary N) is 2. The minimum atomic E-state index is -0.497. The molecular weight excluding hydrogens is 372 g/mol. The molecule has 2 N–H and O–H groups in total. The third kappa shape index (κ3) is 10.7. The summed E-state index contributed by atoms with van der Waals surface area (Å²) in [5.41, 5.74) is 0.583. The smallest absolute Gasteiger partial charge is 0.407 e. The van der Waals surface area contributed by atoms with E-state index in [1.54, 1.807) is 0 Å². The molecule has 0 aromatic heterocycles. The topological polar surface area (TPSA) is 85.9 Å². The van der Waals surface area contributed by atoms with Crippen molar-refractivity contribution in [2.45, 2.75) is 65.0 Å². The average Bonchev–Trinajstić information content (AvgIpc) is 2.66. The quantitative estimate of drug-likeness (QED) is 0.407. The van der Waals surface area contributed by atoms with Crippen LogP contribution >= 0.6 is 0 Å². The van der Waals surface area contributed by atoms with Gasteiger partial charge in [0.15, 0.2) is 0 Å². The van der Waals surface area contributed by atoms with Crippen LogP contribution in [0, 0.1) is 0 Å². The maximum Gasteiger partial charge on any atom is 0.407 e. The van der Waals surface area contributed by atoms with Gasteiger partial charge in [0.05, 0.1) is 7.11 Å². The first-order chi connectivity index (χ1) is 13.8. The van der Waals surface area contributed by atoms with Gasteiger partial charge in [0, 0.05) is 13.1 Å². The lowest BCUT2D eigenvalue weighted by Crippen LogP contribution is -2.39. The van der Waals surface area contributed by atoms with Crippen molar-refractivity contribution in [1.29, 1.82) is 0 Å². The summed E-state index contributed by atoms with van der Waals surface area (Å²) in [6.07, 6.45) is 2.78. The van der Waals surface area contributed by atoms with E-state index in [0.29, 0.717) is 19.7 Å². The van der Waals surface area contributed by atoms with E-state index in [0.717, 1.165) is 37.0 Å². The molecule has 164 valence electrons. The minimum absolute atomic E-state index is 0.246. The average molecular weight is 409 g/mol. The van der Waals surface area contributed by atoms with E-state index in [4.69, 9.17) is 14.2 Å². The fourth-order valence-corrected chi connectivity index (χ4v) is 2.76. The summed E-state index contributed by atoms with van der Waals surface area (Å²) in [4.78, 5) is 23.4. The lowest BCUT2D eigenvalue weighted by Gasteiger charge is -2.19. The fraction of sp³-hybridized carbons (Fsp3) is 0.636. The number of ether oxygens (including phenoxy) is 3. The van der Waals surface area contributed by atoms with Gasteiger partial charge in [-0.25, -0.2) is 4.79 Å². The predicted molar refractivity (Wildman–Crippen MR) is 113 cm³/mol. The highest BCUT2D eigenvalue weighted by Crippen LogP contribution is 2.19. The molecule has 0 aliphatic rings. The first kappa shape index (κ1) is 24.8. The molecule has 1 aromatic rings. The number of carbonyl (C=O) groups excluding carboxylic acids is 2. The molecule has 0 saturated heterocycles. The Bertz CT molecular complexity index is 628. The molecule has 1 amide bonds. The Hall–Kier alpha value is -2.28. The van der Waals surface area contributed by atoms with Crippen LogP contribution in [0.4, 0.5) is 4.79 Å². The maximum atomic E-state index is 11.7. The van der Waals surface area contributed by atoms with Gasteiger partial charge < -0.3 is 24.8 Å². The lowest BCUT2D eigenvalue weighted by molar-refractivity contribution is -0.143. The summed E-state index contributed by atoms with van der Waals surface area (Å²) in [6.45, 7) is 9.07. The maximum absolute atomic E-state index is 11.7. The number of para-hydroxylation sites is 1. The Morgan fingerprint density at radius 3 is 2.52 bits per heavy atom. The van der Waals surface area contributed by atoms with E-state index >= 15 is 0 Å².